The van der Waals surface area contributed by atoms with Crippen molar-refractivity contribution in [3.05, 3.63) is 11.7 Å². The first kappa shape index (κ1) is 22.9. The van der Waals surface area contributed by atoms with E-state index < -0.39 is 5.60 Å². The van der Waals surface area contributed by atoms with Gasteiger partial charge in [0.05, 0.1) is 13.0 Å². The predicted molar refractivity (Wildman–Crippen MR) is 110 cm³/mol. The minimum Gasteiger partial charge on any atom is -0.460 e. The number of rotatable bonds is 10. The molecule has 1 aliphatic rings. The van der Waals surface area contributed by atoms with Crippen LogP contribution in [-0.4, -0.2) is 27.8 Å². The number of nitrogens with zero attached hydrogens (tertiary/aromatic N) is 2. The lowest BCUT2D eigenvalue weighted by molar-refractivity contribution is -0.155. The molecule has 1 atom stereocenters. The van der Waals surface area contributed by atoms with Crippen LogP contribution in [0.4, 0.5) is 0 Å². The van der Waals surface area contributed by atoms with Crippen LogP contribution in [0.2, 0.25) is 0 Å². The number of ether oxygens (including phenoxy) is 1. The van der Waals surface area contributed by atoms with E-state index in [2.05, 4.69) is 29.3 Å². The average molecular weight is 394 g/mol. The Labute approximate surface area is 170 Å². The summed E-state index contributed by atoms with van der Waals surface area (Å²) in [5.74, 6) is 1.78. The predicted octanol–water partition coefficient (Wildman–Crippen LogP) is 5.13. The molecule has 0 saturated heterocycles. The summed E-state index contributed by atoms with van der Waals surface area (Å²) >= 11 is 0. The molecule has 0 aromatic carbocycles. The zero-order valence-electron chi connectivity index (χ0n) is 18.4. The van der Waals surface area contributed by atoms with Crippen molar-refractivity contribution in [1.29, 1.82) is 0 Å². The van der Waals surface area contributed by atoms with Crippen LogP contribution in [0.5, 0.6) is 0 Å². The Morgan fingerprint density at radius 2 is 1.96 bits per heavy atom. The van der Waals surface area contributed by atoms with Crippen LogP contribution >= 0.6 is 0 Å². The molecule has 0 spiro atoms. The Morgan fingerprint density at radius 1 is 1.25 bits per heavy atom. The van der Waals surface area contributed by atoms with Gasteiger partial charge in [-0.3, -0.25) is 4.79 Å². The van der Waals surface area contributed by atoms with Gasteiger partial charge in [-0.2, -0.15) is 4.98 Å². The SMILES string of the molecule is CC(C)NCc1noc([C@H](CCCC2CCCCC2)CC(=O)OC(C)(C)C)n1. The van der Waals surface area contributed by atoms with Crippen LogP contribution in [0.3, 0.4) is 0 Å². The number of carbonyl (C=O) groups excluding carboxylic acids is 1. The van der Waals surface area contributed by atoms with E-state index in [0.717, 1.165) is 18.8 Å². The van der Waals surface area contributed by atoms with Crippen LogP contribution in [0.15, 0.2) is 4.52 Å². The second-order valence-corrected chi connectivity index (χ2v) is 9.51. The van der Waals surface area contributed by atoms with E-state index in [1.165, 1.54) is 38.5 Å². The Kier molecular flexibility index (Phi) is 8.93. The number of esters is 1. The van der Waals surface area contributed by atoms with E-state index in [1.807, 2.05) is 20.8 Å². The van der Waals surface area contributed by atoms with Gasteiger partial charge in [0.1, 0.15) is 5.60 Å². The van der Waals surface area contributed by atoms with Crippen molar-refractivity contribution in [2.75, 3.05) is 0 Å². The zero-order chi connectivity index (χ0) is 20.6. The summed E-state index contributed by atoms with van der Waals surface area (Å²) in [4.78, 5) is 17.0. The highest BCUT2D eigenvalue weighted by molar-refractivity contribution is 5.70. The monoisotopic (exact) mass is 393 g/mol. The molecule has 1 fully saturated rings. The van der Waals surface area contributed by atoms with Crippen LogP contribution in [0.25, 0.3) is 0 Å². The van der Waals surface area contributed by atoms with Gasteiger partial charge in [-0.1, -0.05) is 63.9 Å². The summed E-state index contributed by atoms with van der Waals surface area (Å²) in [7, 11) is 0. The molecule has 0 aliphatic heterocycles. The van der Waals surface area contributed by atoms with Crippen molar-refractivity contribution in [2.24, 2.45) is 5.92 Å². The second kappa shape index (κ2) is 10.9. The lowest BCUT2D eigenvalue weighted by Crippen LogP contribution is -2.25. The van der Waals surface area contributed by atoms with Crippen molar-refractivity contribution in [1.82, 2.24) is 15.5 Å². The van der Waals surface area contributed by atoms with E-state index in [9.17, 15) is 4.79 Å². The van der Waals surface area contributed by atoms with Crippen molar-refractivity contribution in [3.8, 4) is 0 Å². The zero-order valence-corrected chi connectivity index (χ0v) is 18.4. The second-order valence-electron chi connectivity index (χ2n) is 9.51. The molecule has 160 valence electrons. The topological polar surface area (TPSA) is 77.2 Å². The van der Waals surface area contributed by atoms with Gasteiger partial charge in [0.15, 0.2) is 5.82 Å². The minimum atomic E-state index is -0.481. The summed E-state index contributed by atoms with van der Waals surface area (Å²) in [5.41, 5.74) is -0.481. The van der Waals surface area contributed by atoms with Crippen LogP contribution < -0.4 is 5.32 Å². The molecule has 0 unspecified atom stereocenters. The van der Waals surface area contributed by atoms with E-state index in [1.54, 1.807) is 0 Å². The fraction of sp³-hybridized carbons (Fsp3) is 0.864. The van der Waals surface area contributed by atoms with Gasteiger partial charge in [-0.25, -0.2) is 0 Å². The fourth-order valence-corrected chi connectivity index (χ4v) is 3.83. The minimum absolute atomic E-state index is 0.0706. The first-order valence-electron chi connectivity index (χ1n) is 11.0. The molecule has 2 rings (SSSR count). The van der Waals surface area contributed by atoms with Gasteiger partial charge >= 0.3 is 5.97 Å². The van der Waals surface area contributed by atoms with Crippen molar-refractivity contribution >= 4 is 5.97 Å². The Balaban J connectivity index is 1.95. The summed E-state index contributed by atoms with van der Waals surface area (Å²) < 4.78 is 11.1. The maximum Gasteiger partial charge on any atom is 0.307 e. The molecule has 28 heavy (non-hydrogen) atoms. The standard InChI is InChI=1S/C22H39N3O3/c1-16(2)23-15-19-24-21(28-25-19)18(14-20(26)27-22(3,4)5)13-9-12-17-10-7-6-8-11-17/h16-18,23H,6-15H2,1-5H3/t18-/m1/s1. The highest BCUT2D eigenvalue weighted by Crippen LogP contribution is 2.31. The average Bonchev–Trinajstić information content (AvgIpc) is 3.07. The fourth-order valence-electron chi connectivity index (χ4n) is 3.83. The highest BCUT2D eigenvalue weighted by atomic mass is 16.6. The number of hydrogen-bond donors (Lipinski definition) is 1. The molecule has 6 heteroatoms. The first-order valence-corrected chi connectivity index (χ1v) is 11.0. The van der Waals surface area contributed by atoms with E-state index in [4.69, 9.17) is 9.26 Å². The van der Waals surface area contributed by atoms with Gasteiger partial charge in [0.2, 0.25) is 5.89 Å². The maximum absolute atomic E-state index is 12.4. The molecule has 1 saturated carbocycles. The number of aromatic nitrogens is 2. The van der Waals surface area contributed by atoms with Gasteiger partial charge in [0.25, 0.3) is 0 Å². The first-order chi connectivity index (χ1) is 13.2. The molecule has 1 aliphatic carbocycles. The van der Waals surface area contributed by atoms with Gasteiger partial charge < -0.3 is 14.6 Å². The highest BCUT2D eigenvalue weighted by Gasteiger charge is 2.26. The smallest absolute Gasteiger partial charge is 0.307 e. The van der Waals surface area contributed by atoms with Crippen LogP contribution in [-0.2, 0) is 16.1 Å². The lowest BCUT2D eigenvalue weighted by atomic mass is 9.84. The third kappa shape index (κ3) is 8.72. The molecule has 1 heterocycles. The van der Waals surface area contributed by atoms with Crippen molar-refractivity contribution in [3.63, 3.8) is 0 Å². The van der Waals surface area contributed by atoms with Crippen molar-refractivity contribution in [2.45, 2.75) is 117 Å². The quantitative estimate of drug-likeness (QED) is 0.555. The Morgan fingerprint density at radius 3 is 2.61 bits per heavy atom. The number of hydrogen-bond acceptors (Lipinski definition) is 6. The van der Waals surface area contributed by atoms with Crippen LogP contribution in [0, 0.1) is 5.92 Å². The molecule has 0 amide bonds. The summed E-state index contributed by atoms with van der Waals surface area (Å²) in [6, 6.07) is 0.356. The van der Waals surface area contributed by atoms with Gasteiger partial charge in [0, 0.05) is 12.0 Å². The largest absolute Gasteiger partial charge is 0.460 e. The van der Waals surface area contributed by atoms with E-state index >= 15 is 0 Å². The molecular weight excluding hydrogens is 354 g/mol. The molecule has 6 nitrogen and oxygen atoms in total. The van der Waals surface area contributed by atoms with Gasteiger partial charge in [-0.05, 0) is 33.1 Å². The molecule has 1 aromatic heterocycles. The normalized spacial score (nSPS) is 17.1. The Bertz CT molecular complexity index is 586. The van der Waals surface area contributed by atoms with E-state index in [0.29, 0.717) is 30.7 Å². The van der Waals surface area contributed by atoms with E-state index in [-0.39, 0.29) is 11.9 Å². The summed E-state index contributed by atoms with van der Waals surface area (Å²) in [5, 5.41) is 7.38. The lowest BCUT2D eigenvalue weighted by Gasteiger charge is -2.23. The van der Waals surface area contributed by atoms with Gasteiger partial charge in [-0.15, -0.1) is 0 Å². The molecule has 1 aromatic rings. The third-order valence-corrected chi connectivity index (χ3v) is 5.22. The number of nitrogens with one attached hydrogen (secondary N) is 1. The summed E-state index contributed by atoms with van der Waals surface area (Å²) in [6.45, 7) is 10.4. The molecular formula is C22H39N3O3. The number of carbonyl (C=O) groups is 1. The molecule has 1 N–H and O–H groups in total. The molecule has 0 radical (unpaired) electrons. The molecule has 0 bridgehead atoms. The Hall–Kier alpha value is -1.43. The van der Waals surface area contributed by atoms with Crippen LogP contribution in [0.1, 0.15) is 110 Å². The third-order valence-electron chi connectivity index (χ3n) is 5.22. The summed E-state index contributed by atoms with van der Waals surface area (Å²) in [6.07, 6.45) is 10.3. The van der Waals surface area contributed by atoms with Crippen molar-refractivity contribution < 1.29 is 14.1 Å². The maximum atomic E-state index is 12.4.